The van der Waals surface area contributed by atoms with E-state index in [1.165, 1.54) is 52.8 Å². The Kier molecular flexibility index (Phi) is 7.75. The summed E-state index contributed by atoms with van der Waals surface area (Å²) >= 11 is 1.86. The predicted octanol–water partition coefficient (Wildman–Crippen LogP) is 16.7. The van der Waals surface area contributed by atoms with Crippen LogP contribution in [0.5, 0.6) is 0 Å². The third-order valence-corrected chi connectivity index (χ3v) is 13.0. The summed E-state index contributed by atoms with van der Waals surface area (Å²) in [5, 5.41) is 9.57. The standard InChI is InChI=1S/C56H35NOS/c1-4-13-36(14-5-1)41-26-29-46-51(33-41)58-56-45(38-17-8-3-9-18-38)31-32-50(55(46)56)57(43-28-25-40-24-23-39-19-10-11-20-44(39)48(40)35-43)49-21-12-22-52-54(49)47-30-27-42(34-53(47)59-52)37-15-6-2-7-16-37/h1-35H. The fourth-order valence-corrected chi connectivity index (χ4v) is 10.2. The highest BCUT2D eigenvalue weighted by Gasteiger charge is 2.25. The molecular weight excluding hydrogens is 735 g/mol. The Labute approximate surface area is 345 Å². The van der Waals surface area contributed by atoms with Gasteiger partial charge in [-0.15, -0.1) is 11.3 Å². The summed E-state index contributed by atoms with van der Waals surface area (Å²) in [5.74, 6) is 0. The Morgan fingerprint density at radius 3 is 1.75 bits per heavy atom. The van der Waals surface area contributed by atoms with E-state index >= 15 is 0 Å². The second-order valence-electron chi connectivity index (χ2n) is 15.2. The maximum atomic E-state index is 7.06. The van der Waals surface area contributed by atoms with Gasteiger partial charge in [-0.3, -0.25) is 0 Å². The molecule has 2 aromatic heterocycles. The average molecular weight is 770 g/mol. The molecule has 2 nitrogen and oxygen atoms in total. The van der Waals surface area contributed by atoms with Gasteiger partial charge in [0.05, 0.1) is 16.8 Å². The summed E-state index contributed by atoms with van der Waals surface area (Å²) in [5.41, 5.74) is 12.0. The zero-order valence-corrected chi connectivity index (χ0v) is 32.8. The van der Waals surface area contributed by atoms with Gasteiger partial charge >= 0.3 is 0 Å². The van der Waals surface area contributed by atoms with Crippen molar-refractivity contribution in [2.75, 3.05) is 4.90 Å². The number of hydrogen-bond donors (Lipinski definition) is 0. The first-order valence-electron chi connectivity index (χ1n) is 20.1. The van der Waals surface area contributed by atoms with Crippen LogP contribution in [0.2, 0.25) is 0 Å². The van der Waals surface area contributed by atoms with Gasteiger partial charge in [-0.1, -0.05) is 158 Å². The highest BCUT2D eigenvalue weighted by atomic mass is 32.1. The zero-order chi connectivity index (χ0) is 38.9. The largest absolute Gasteiger partial charge is 0.455 e. The van der Waals surface area contributed by atoms with Crippen molar-refractivity contribution in [3.05, 3.63) is 212 Å². The highest BCUT2D eigenvalue weighted by molar-refractivity contribution is 7.26. The first-order chi connectivity index (χ1) is 29.2. The zero-order valence-electron chi connectivity index (χ0n) is 32.0. The molecule has 276 valence electrons. The van der Waals surface area contributed by atoms with Gasteiger partial charge in [0.1, 0.15) is 11.2 Å². The van der Waals surface area contributed by atoms with Crippen LogP contribution in [0.3, 0.4) is 0 Å². The van der Waals surface area contributed by atoms with Gasteiger partial charge in [0, 0.05) is 36.8 Å². The lowest BCUT2D eigenvalue weighted by molar-refractivity contribution is 0.670. The lowest BCUT2D eigenvalue weighted by Gasteiger charge is -2.28. The second kappa shape index (κ2) is 13.6. The van der Waals surface area contributed by atoms with Gasteiger partial charge < -0.3 is 9.32 Å². The van der Waals surface area contributed by atoms with Crippen molar-refractivity contribution < 1.29 is 4.42 Å². The van der Waals surface area contributed by atoms with Crippen LogP contribution in [0.1, 0.15) is 0 Å². The third kappa shape index (κ3) is 5.55. The van der Waals surface area contributed by atoms with Crippen LogP contribution in [0.4, 0.5) is 17.1 Å². The van der Waals surface area contributed by atoms with Crippen LogP contribution in [0, 0.1) is 0 Å². The fourth-order valence-electron chi connectivity index (χ4n) is 9.04. The molecule has 59 heavy (non-hydrogen) atoms. The number of benzene rings is 10. The van der Waals surface area contributed by atoms with Crippen LogP contribution in [-0.2, 0) is 0 Å². The van der Waals surface area contributed by atoms with Crippen molar-refractivity contribution >= 4 is 92.1 Å². The topological polar surface area (TPSA) is 16.4 Å². The van der Waals surface area contributed by atoms with E-state index in [0.29, 0.717) is 0 Å². The van der Waals surface area contributed by atoms with Crippen LogP contribution < -0.4 is 4.90 Å². The molecule has 12 aromatic rings. The van der Waals surface area contributed by atoms with E-state index in [9.17, 15) is 0 Å². The minimum absolute atomic E-state index is 0.864. The maximum Gasteiger partial charge on any atom is 0.145 e. The van der Waals surface area contributed by atoms with Crippen LogP contribution >= 0.6 is 11.3 Å². The molecule has 10 aromatic carbocycles. The summed E-state index contributed by atoms with van der Waals surface area (Å²) in [6.45, 7) is 0. The molecule has 0 aliphatic rings. The molecule has 0 radical (unpaired) electrons. The molecule has 2 heterocycles. The Balaban J connectivity index is 1.17. The summed E-state index contributed by atoms with van der Waals surface area (Å²) in [7, 11) is 0. The van der Waals surface area contributed by atoms with Gasteiger partial charge in [-0.05, 0) is 104 Å². The monoisotopic (exact) mass is 769 g/mol. The van der Waals surface area contributed by atoms with E-state index < -0.39 is 0 Å². The molecule has 0 aliphatic heterocycles. The predicted molar refractivity (Wildman–Crippen MR) is 253 cm³/mol. The molecule has 12 rings (SSSR count). The minimum Gasteiger partial charge on any atom is -0.455 e. The molecule has 0 bridgehead atoms. The summed E-state index contributed by atoms with van der Waals surface area (Å²) in [6, 6.07) is 76.9. The highest BCUT2D eigenvalue weighted by Crippen LogP contribution is 2.50. The van der Waals surface area contributed by atoms with E-state index in [1.54, 1.807) is 0 Å². The van der Waals surface area contributed by atoms with Crippen molar-refractivity contribution in [2.24, 2.45) is 0 Å². The number of rotatable bonds is 6. The summed E-state index contributed by atoms with van der Waals surface area (Å²) in [6.07, 6.45) is 0. The lowest BCUT2D eigenvalue weighted by atomic mass is 9.97. The van der Waals surface area contributed by atoms with Gasteiger partial charge in [-0.2, -0.15) is 0 Å². The molecule has 0 unspecified atom stereocenters. The number of fused-ring (bicyclic) bond motifs is 9. The lowest BCUT2D eigenvalue weighted by Crippen LogP contribution is -2.11. The molecule has 0 amide bonds. The number of thiophene rings is 1. The van der Waals surface area contributed by atoms with Crippen LogP contribution in [0.25, 0.3) is 97.0 Å². The van der Waals surface area contributed by atoms with E-state index in [-0.39, 0.29) is 0 Å². The van der Waals surface area contributed by atoms with E-state index in [2.05, 4.69) is 217 Å². The normalized spacial score (nSPS) is 11.7. The first kappa shape index (κ1) is 33.7. The molecule has 0 N–H and O–H groups in total. The van der Waals surface area contributed by atoms with E-state index in [4.69, 9.17) is 4.42 Å². The number of hydrogen-bond acceptors (Lipinski definition) is 3. The van der Waals surface area contributed by atoms with Crippen LogP contribution in [-0.4, -0.2) is 0 Å². The molecule has 0 fully saturated rings. The SMILES string of the molecule is c1ccc(-c2ccc3c(c2)oc2c(-c4ccccc4)ccc(N(c4ccc5ccc6ccccc6c5c4)c4cccc5sc6cc(-c7ccccc7)ccc6c45)c23)cc1. The van der Waals surface area contributed by atoms with Gasteiger partial charge in [0.2, 0.25) is 0 Å². The fraction of sp³-hybridized carbons (Fsp3) is 0. The van der Waals surface area contributed by atoms with Crippen LogP contribution in [0.15, 0.2) is 217 Å². The summed E-state index contributed by atoms with van der Waals surface area (Å²) in [4.78, 5) is 2.48. The van der Waals surface area contributed by atoms with Gasteiger partial charge in [0.15, 0.2) is 0 Å². The number of nitrogens with zero attached hydrogens (tertiary/aromatic N) is 1. The van der Waals surface area contributed by atoms with Gasteiger partial charge in [0.25, 0.3) is 0 Å². The Morgan fingerprint density at radius 1 is 0.356 bits per heavy atom. The summed E-state index contributed by atoms with van der Waals surface area (Å²) < 4.78 is 9.58. The Hall–Kier alpha value is -7.46. The minimum atomic E-state index is 0.864. The van der Waals surface area contributed by atoms with Crippen molar-refractivity contribution in [1.82, 2.24) is 0 Å². The molecule has 0 saturated heterocycles. The van der Waals surface area contributed by atoms with Crippen molar-refractivity contribution in [2.45, 2.75) is 0 Å². The molecule has 0 saturated carbocycles. The maximum absolute atomic E-state index is 7.06. The van der Waals surface area contributed by atoms with E-state index in [1.807, 2.05) is 11.3 Å². The Morgan fingerprint density at radius 2 is 0.983 bits per heavy atom. The molecular formula is C56H35NOS. The molecule has 0 atom stereocenters. The first-order valence-corrected chi connectivity index (χ1v) is 20.9. The van der Waals surface area contributed by atoms with Crippen molar-refractivity contribution in [3.63, 3.8) is 0 Å². The quantitative estimate of drug-likeness (QED) is 0.157. The number of anilines is 3. The van der Waals surface area contributed by atoms with E-state index in [0.717, 1.165) is 61.3 Å². The molecule has 0 spiro atoms. The second-order valence-corrected chi connectivity index (χ2v) is 16.3. The molecule has 3 heteroatoms. The smallest absolute Gasteiger partial charge is 0.145 e. The average Bonchev–Trinajstić information content (AvgIpc) is 3.89. The molecule has 0 aliphatic carbocycles. The number of furan rings is 1. The van der Waals surface area contributed by atoms with Crippen molar-refractivity contribution in [1.29, 1.82) is 0 Å². The van der Waals surface area contributed by atoms with Crippen molar-refractivity contribution in [3.8, 4) is 33.4 Å². The van der Waals surface area contributed by atoms with Gasteiger partial charge in [-0.25, -0.2) is 0 Å². The Bertz CT molecular complexity index is 3550. The third-order valence-electron chi connectivity index (χ3n) is 11.8.